The molecule has 1 heterocycles. The minimum atomic E-state index is -0.350. The third-order valence-corrected chi connectivity index (χ3v) is 3.77. The molecule has 5 heteroatoms. The Labute approximate surface area is 146 Å². The van der Waals surface area contributed by atoms with Gasteiger partial charge in [0.2, 0.25) is 0 Å². The fourth-order valence-electron chi connectivity index (χ4n) is 2.32. The summed E-state index contributed by atoms with van der Waals surface area (Å²) >= 11 is 5.81. The van der Waals surface area contributed by atoms with Gasteiger partial charge in [-0.25, -0.2) is 0 Å². The van der Waals surface area contributed by atoms with E-state index in [1.165, 1.54) is 0 Å². The van der Waals surface area contributed by atoms with Gasteiger partial charge in [0.1, 0.15) is 17.1 Å². The van der Waals surface area contributed by atoms with Crippen molar-refractivity contribution in [1.82, 2.24) is 0 Å². The first-order chi connectivity index (χ1) is 11.4. The van der Waals surface area contributed by atoms with Crippen LogP contribution in [0.5, 0.6) is 11.5 Å². The molecule has 0 bridgehead atoms. The van der Waals surface area contributed by atoms with Gasteiger partial charge in [-0.15, -0.1) is 0 Å². The van der Waals surface area contributed by atoms with E-state index in [-0.39, 0.29) is 18.1 Å². The van der Waals surface area contributed by atoms with E-state index in [9.17, 15) is 4.79 Å². The number of carbonyl (C=O) groups excluding carboxylic acids is 1. The van der Waals surface area contributed by atoms with Gasteiger partial charge in [-0.2, -0.15) is 0 Å². The number of benzene rings is 2. The zero-order valence-electron chi connectivity index (χ0n) is 13.5. The molecule has 0 saturated heterocycles. The van der Waals surface area contributed by atoms with Crippen molar-refractivity contribution in [3.63, 3.8) is 0 Å². The van der Waals surface area contributed by atoms with Crippen molar-refractivity contribution in [2.45, 2.75) is 19.4 Å². The van der Waals surface area contributed by atoms with Crippen LogP contribution < -0.4 is 14.8 Å². The number of nitrogens with one attached hydrogen (secondary N) is 1. The first-order valence-corrected chi connectivity index (χ1v) is 8.00. The normalized spacial score (nSPS) is 14.5. The maximum Gasteiger partial charge on any atom is 0.262 e. The fourth-order valence-corrected chi connectivity index (χ4v) is 2.44. The lowest BCUT2D eigenvalue weighted by atomic mass is 10.0. The number of ether oxygens (including phenoxy) is 2. The molecule has 124 valence electrons. The highest BCUT2D eigenvalue weighted by atomic mass is 35.5. The zero-order valence-corrected chi connectivity index (χ0v) is 14.3. The molecule has 3 rings (SSSR count). The van der Waals surface area contributed by atoms with Crippen LogP contribution in [0.25, 0.3) is 6.08 Å². The summed E-state index contributed by atoms with van der Waals surface area (Å²) in [5, 5.41) is 3.37. The molecular weight excluding hydrogens is 326 g/mol. The number of amides is 1. The SMILES string of the molecule is CC1(C)C=Cc2ccc(OCC(=O)Nc3ccc(Cl)cc3)cc2O1. The molecule has 4 nitrogen and oxygen atoms in total. The third-order valence-electron chi connectivity index (χ3n) is 3.52. The zero-order chi connectivity index (χ0) is 17.2. The monoisotopic (exact) mass is 343 g/mol. The van der Waals surface area contributed by atoms with Gasteiger partial charge in [0.25, 0.3) is 5.91 Å². The van der Waals surface area contributed by atoms with E-state index >= 15 is 0 Å². The molecule has 24 heavy (non-hydrogen) atoms. The Kier molecular flexibility index (Phi) is 4.49. The van der Waals surface area contributed by atoms with E-state index in [2.05, 4.69) is 5.32 Å². The summed E-state index contributed by atoms with van der Waals surface area (Å²) in [6, 6.07) is 12.4. The Hall–Kier alpha value is -2.46. The molecule has 0 spiro atoms. The summed E-state index contributed by atoms with van der Waals surface area (Å²) < 4.78 is 11.4. The number of fused-ring (bicyclic) bond motifs is 1. The lowest BCUT2D eigenvalue weighted by molar-refractivity contribution is -0.118. The van der Waals surface area contributed by atoms with Crippen molar-refractivity contribution in [2.75, 3.05) is 11.9 Å². The van der Waals surface area contributed by atoms with Gasteiger partial charge < -0.3 is 14.8 Å². The van der Waals surface area contributed by atoms with Crippen LogP contribution in [0, 0.1) is 0 Å². The molecule has 0 saturated carbocycles. The molecule has 1 N–H and O–H groups in total. The average Bonchev–Trinajstić information content (AvgIpc) is 2.54. The molecule has 1 aliphatic rings. The van der Waals surface area contributed by atoms with Gasteiger partial charge in [-0.05, 0) is 56.3 Å². The van der Waals surface area contributed by atoms with Crippen molar-refractivity contribution in [3.05, 3.63) is 59.1 Å². The number of hydrogen-bond donors (Lipinski definition) is 1. The average molecular weight is 344 g/mol. The minimum absolute atomic E-state index is 0.0827. The van der Waals surface area contributed by atoms with E-state index in [0.717, 1.165) is 11.3 Å². The van der Waals surface area contributed by atoms with Crippen LogP contribution in [-0.4, -0.2) is 18.1 Å². The summed E-state index contributed by atoms with van der Waals surface area (Å²) in [5.74, 6) is 1.10. The Morgan fingerprint density at radius 3 is 2.71 bits per heavy atom. The van der Waals surface area contributed by atoms with Gasteiger partial charge in [0.15, 0.2) is 6.61 Å². The predicted molar refractivity (Wildman–Crippen MR) is 95.8 cm³/mol. The first kappa shape index (κ1) is 16.4. The highest BCUT2D eigenvalue weighted by molar-refractivity contribution is 6.30. The van der Waals surface area contributed by atoms with Gasteiger partial charge in [0.05, 0.1) is 0 Å². The van der Waals surface area contributed by atoms with Crippen molar-refractivity contribution in [3.8, 4) is 11.5 Å². The Balaban J connectivity index is 1.60. The third kappa shape index (κ3) is 4.09. The number of carbonyl (C=O) groups is 1. The van der Waals surface area contributed by atoms with E-state index in [1.807, 2.05) is 38.1 Å². The maximum absolute atomic E-state index is 12.0. The molecule has 0 atom stereocenters. The second kappa shape index (κ2) is 6.57. The van der Waals surface area contributed by atoms with Crippen LogP contribution >= 0.6 is 11.6 Å². The Morgan fingerprint density at radius 2 is 1.96 bits per heavy atom. The maximum atomic E-state index is 12.0. The van der Waals surface area contributed by atoms with Crippen LogP contribution in [0.1, 0.15) is 19.4 Å². The van der Waals surface area contributed by atoms with Crippen LogP contribution in [-0.2, 0) is 4.79 Å². The number of anilines is 1. The van der Waals surface area contributed by atoms with E-state index in [1.54, 1.807) is 30.3 Å². The molecular formula is C19H18ClNO3. The van der Waals surface area contributed by atoms with E-state index in [0.29, 0.717) is 16.5 Å². The van der Waals surface area contributed by atoms with Gasteiger partial charge >= 0.3 is 0 Å². The van der Waals surface area contributed by atoms with Crippen LogP contribution in [0.2, 0.25) is 5.02 Å². The molecule has 1 amide bonds. The highest BCUT2D eigenvalue weighted by Gasteiger charge is 2.21. The lowest BCUT2D eigenvalue weighted by Crippen LogP contribution is -2.27. The van der Waals surface area contributed by atoms with Crippen molar-refractivity contribution >= 4 is 29.3 Å². The smallest absolute Gasteiger partial charge is 0.262 e. The molecule has 1 aliphatic heterocycles. The van der Waals surface area contributed by atoms with Gasteiger partial charge in [-0.1, -0.05) is 17.7 Å². The molecule has 2 aromatic rings. The Morgan fingerprint density at radius 1 is 1.21 bits per heavy atom. The predicted octanol–water partition coefficient (Wildman–Crippen LogP) is 4.54. The molecule has 0 radical (unpaired) electrons. The topological polar surface area (TPSA) is 47.6 Å². The quantitative estimate of drug-likeness (QED) is 0.886. The van der Waals surface area contributed by atoms with Crippen molar-refractivity contribution < 1.29 is 14.3 Å². The standard InChI is InChI=1S/C19H18ClNO3/c1-19(2)10-9-13-3-8-16(11-17(13)24-19)23-12-18(22)21-15-6-4-14(20)5-7-15/h3-11H,12H2,1-2H3,(H,21,22). The largest absolute Gasteiger partial charge is 0.484 e. The lowest BCUT2D eigenvalue weighted by Gasteiger charge is -2.28. The van der Waals surface area contributed by atoms with E-state index < -0.39 is 0 Å². The second-order valence-corrected chi connectivity index (χ2v) is 6.52. The summed E-state index contributed by atoms with van der Waals surface area (Å²) in [7, 11) is 0. The molecule has 0 fully saturated rings. The Bertz CT molecular complexity index is 782. The summed E-state index contributed by atoms with van der Waals surface area (Å²) in [4.78, 5) is 12.0. The highest BCUT2D eigenvalue weighted by Crippen LogP contribution is 2.33. The summed E-state index contributed by atoms with van der Waals surface area (Å²) in [6.07, 6.45) is 4.03. The second-order valence-electron chi connectivity index (χ2n) is 6.08. The van der Waals surface area contributed by atoms with Crippen LogP contribution in [0.3, 0.4) is 0 Å². The molecule has 0 aliphatic carbocycles. The summed E-state index contributed by atoms with van der Waals surface area (Å²) in [6.45, 7) is 3.89. The minimum Gasteiger partial charge on any atom is -0.484 e. The number of rotatable bonds is 4. The fraction of sp³-hybridized carbons (Fsp3) is 0.211. The number of hydrogen-bond acceptors (Lipinski definition) is 3. The number of halogens is 1. The van der Waals surface area contributed by atoms with Crippen molar-refractivity contribution in [2.24, 2.45) is 0 Å². The summed E-state index contributed by atoms with van der Waals surface area (Å²) in [5.41, 5.74) is 1.32. The van der Waals surface area contributed by atoms with Gasteiger partial charge in [0, 0.05) is 22.3 Å². The van der Waals surface area contributed by atoms with E-state index in [4.69, 9.17) is 21.1 Å². The van der Waals surface area contributed by atoms with Crippen LogP contribution in [0.15, 0.2) is 48.5 Å². The van der Waals surface area contributed by atoms with Gasteiger partial charge in [-0.3, -0.25) is 4.79 Å². The molecule has 0 unspecified atom stereocenters. The molecule has 0 aromatic heterocycles. The molecule has 2 aromatic carbocycles. The van der Waals surface area contributed by atoms with Crippen LogP contribution in [0.4, 0.5) is 5.69 Å². The van der Waals surface area contributed by atoms with Crippen molar-refractivity contribution in [1.29, 1.82) is 0 Å². The first-order valence-electron chi connectivity index (χ1n) is 7.62.